The van der Waals surface area contributed by atoms with Gasteiger partial charge in [0.2, 0.25) is 0 Å². The highest BCUT2D eigenvalue weighted by Crippen LogP contribution is 2.26. The highest BCUT2D eigenvalue weighted by Gasteiger charge is 2.20. The van der Waals surface area contributed by atoms with Crippen LogP contribution in [0.15, 0.2) is 35.4 Å². The van der Waals surface area contributed by atoms with E-state index in [2.05, 4.69) is 19.9 Å². The van der Waals surface area contributed by atoms with Crippen molar-refractivity contribution in [3.05, 3.63) is 36.2 Å². The van der Waals surface area contributed by atoms with Crippen molar-refractivity contribution in [1.29, 1.82) is 0 Å². The van der Waals surface area contributed by atoms with Crippen LogP contribution in [0.3, 0.4) is 0 Å². The molecular formula is C12H13N5O2S. The number of rotatable bonds is 3. The average molecular weight is 291 g/mol. The molecular weight excluding hydrogens is 278 g/mol. The van der Waals surface area contributed by atoms with Crippen molar-refractivity contribution in [2.45, 2.75) is 11.8 Å². The zero-order chi connectivity index (χ0) is 14.3. The van der Waals surface area contributed by atoms with Crippen LogP contribution in [-0.4, -0.2) is 23.6 Å². The molecule has 5 N–H and O–H groups in total. The van der Waals surface area contributed by atoms with Gasteiger partial charge >= 0.3 is 0 Å². The van der Waals surface area contributed by atoms with Crippen LogP contribution in [0.25, 0.3) is 10.9 Å². The normalized spacial score (nSPS) is 11.8. The topological polar surface area (TPSA) is 117 Å². The minimum atomic E-state index is -3.72. The minimum absolute atomic E-state index is 0.139. The van der Waals surface area contributed by atoms with Crippen LogP contribution in [0.1, 0.15) is 5.69 Å². The number of benzene rings is 1. The summed E-state index contributed by atoms with van der Waals surface area (Å²) in [4.78, 5) is 3.05. The number of fused-ring (bicyclic) bond motifs is 1. The minimum Gasteiger partial charge on any atom is -0.399 e. The van der Waals surface area contributed by atoms with Gasteiger partial charge in [0.05, 0.1) is 0 Å². The molecule has 20 heavy (non-hydrogen) atoms. The molecule has 8 heteroatoms. The lowest BCUT2D eigenvalue weighted by Crippen LogP contribution is -2.12. The summed E-state index contributed by atoms with van der Waals surface area (Å²) in [5.74, 6) is 0.251. The van der Waals surface area contributed by atoms with Crippen LogP contribution in [-0.2, 0) is 10.0 Å². The van der Waals surface area contributed by atoms with Crippen molar-refractivity contribution in [1.82, 2.24) is 15.2 Å². The highest BCUT2D eigenvalue weighted by molar-refractivity contribution is 7.93. The Balaban J connectivity index is 2.07. The molecule has 0 aliphatic rings. The van der Waals surface area contributed by atoms with Crippen LogP contribution >= 0.6 is 0 Å². The van der Waals surface area contributed by atoms with E-state index in [1.807, 2.05) is 0 Å². The first kappa shape index (κ1) is 12.5. The van der Waals surface area contributed by atoms with Crippen molar-refractivity contribution in [3.8, 4) is 0 Å². The summed E-state index contributed by atoms with van der Waals surface area (Å²) in [5.41, 5.74) is 7.68. The Morgan fingerprint density at radius 2 is 2.10 bits per heavy atom. The van der Waals surface area contributed by atoms with Crippen molar-refractivity contribution < 1.29 is 8.42 Å². The molecule has 7 nitrogen and oxygen atoms in total. The highest BCUT2D eigenvalue weighted by atomic mass is 32.2. The number of hydrogen-bond donors (Lipinski definition) is 4. The standard InChI is InChI=1S/C12H13N5O2S/c1-7-4-12(16-15-7)17-20(18,19)11-6-14-10-3-2-8(13)5-9(10)11/h2-6,14H,13H2,1H3,(H2,15,16,17). The van der Waals surface area contributed by atoms with Crippen LogP contribution in [0.2, 0.25) is 0 Å². The van der Waals surface area contributed by atoms with E-state index in [1.165, 1.54) is 6.20 Å². The SMILES string of the molecule is Cc1cc(NS(=O)(=O)c2c[nH]c3ccc(N)cc23)n[nH]1. The molecule has 0 saturated heterocycles. The maximum Gasteiger partial charge on any atom is 0.265 e. The number of aromatic nitrogens is 3. The monoisotopic (exact) mass is 291 g/mol. The van der Waals surface area contributed by atoms with Gasteiger partial charge in [0.25, 0.3) is 10.0 Å². The largest absolute Gasteiger partial charge is 0.399 e. The molecule has 0 unspecified atom stereocenters. The summed E-state index contributed by atoms with van der Waals surface area (Å²) in [6.45, 7) is 1.79. The van der Waals surface area contributed by atoms with Gasteiger partial charge in [0, 0.05) is 34.5 Å². The molecule has 2 aromatic heterocycles. The van der Waals surface area contributed by atoms with Gasteiger partial charge in [-0.25, -0.2) is 8.42 Å². The fraction of sp³-hybridized carbons (Fsp3) is 0.0833. The molecule has 2 heterocycles. The van der Waals surface area contributed by atoms with E-state index in [4.69, 9.17) is 5.73 Å². The maximum absolute atomic E-state index is 12.4. The van der Waals surface area contributed by atoms with Gasteiger partial charge < -0.3 is 10.7 Å². The number of aromatic amines is 2. The molecule has 3 aromatic rings. The summed E-state index contributed by atoms with van der Waals surface area (Å²) in [6.07, 6.45) is 1.44. The van der Waals surface area contributed by atoms with Gasteiger partial charge in [0.15, 0.2) is 5.82 Å². The van der Waals surface area contributed by atoms with Gasteiger partial charge in [-0.3, -0.25) is 9.82 Å². The van der Waals surface area contributed by atoms with Gasteiger partial charge in [-0.2, -0.15) is 5.10 Å². The molecule has 104 valence electrons. The third-order valence-corrected chi connectivity index (χ3v) is 4.30. The number of nitrogens with two attached hydrogens (primary N) is 1. The number of H-pyrrole nitrogens is 2. The third-order valence-electron chi connectivity index (χ3n) is 2.90. The lowest BCUT2D eigenvalue weighted by atomic mass is 10.2. The lowest BCUT2D eigenvalue weighted by Gasteiger charge is -2.04. The van der Waals surface area contributed by atoms with Crippen molar-refractivity contribution in [2.75, 3.05) is 10.5 Å². The van der Waals surface area contributed by atoms with Gasteiger partial charge in [-0.15, -0.1) is 0 Å². The summed E-state index contributed by atoms with van der Waals surface area (Å²) in [6, 6.07) is 6.68. The predicted octanol–water partition coefficient (Wildman–Crippen LogP) is 1.58. The van der Waals surface area contributed by atoms with Gasteiger partial charge in [-0.1, -0.05) is 0 Å². The summed E-state index contributed by atoms with van der Waals surface area (Å²) in [7, 11) is -3.72. The van der Waals surface area contributed by atoms with E-state index in [0.29, 0.717) is 16.6 Å². The maximum atomic E-state index is 12.4. The van der Waals surface area contributed by atoms with Crippen molar-refractivity contribution >= 4 is 32.4 Å². The fourth-order valence-corrected chi connectivity index (χ4v) is 3.16. The Hall–Kier alpha value is -2.48. The van der Waals surface area contributed by atoms with E-state index >= 15 is 0 Å². The van der Waals surface area contributed by atoms with Gasteiger partial charge in [-0.05, 0) is 25.1 Å². The van der Waals surface area contributed by atoms with E-state index in [0.717, 1.165) is 5.69 Å². The second-order valence-corrected chi connectivity index (χ2v) is 6.15. The molecule has 0 fully saturated rings. The zero-order valence-electron chi connectivity index (χ0n) is 10.6. The Bertz CT molecular complexity index is 878. The lowest BCUT2D eigenvalue weighted by molar-refractivity contribution is 0.602. The fourth-order valence-electron chi connectivity index (χ4n) is 2.00. The quantitative estimate of drug-likeness (QED) is 0.548. The Morgan fingerprint density at radius 3 is 2.80 bits per heavy atom. The van der Waals surface area contributed by atoms with E-state index < -0.39 is 10.0 Å². The smallest absolute Gasteiger partial charge is 0.265 e. The zero-order valence-corrected chi connectivity index (χ0v) is 11.5. The number of nitrogen functional groups attached to an aromatic ring is 1. The number of anilines is 2. The first-order valence-electron chi connectivity index (χ1n) is 5.87. The second kappa shape index (κ2) is 4.27. The molecule has 1 aromatic carbocycles. The summed E-state index contributed by atoms with van der Waals surface area (Å²) in [5, 5.41) is 7.08. The number of aryl methyl sites for hydroxylation is 1. The van der Waals surface area contributed by atoms with Crippen LogP contribution in [0.5, 0.6) is 0 Å². The predicted molar refractivity (Wildman–Crippen MR) is 76.8 cm³/mol. The Morgan fingerprint density at radius 1 is 1.30 bits per heavy atom. The molecule has 0 aliphatic heterocycles. The summed E-state index contributed by atoms with van der Waals surface area (Å²) < 4.78 is 27.2. The Kier molecular flexibility index (Phi) is 2.68. The number of nitrogens with one attached hydrogen (secondary N) is 3. The molecule has 0 spiro atoms. The van der Waals surface area contributed by atoms with Crippen LogP contribution in [0.4, 0.5) is 11.5 Å². The molecule has 0 atom stereocenters. The first-order valence-corrected chi connectivity index (χ1v) is 7.35. The third kappa shape index (κ3) is 2.10. The number of nitrogens with zero attached hydrogens (tertiary/aromatic N) is 1. The summed E-state index contributed by atoms with van der Waals surface area (Å²) >= 11 is 0. The number of sulfonamides is 1. The van der Waals surface area contributed by atoms with Crippen LogP contribution in [0, 0.1) is 6.92 Å². The molecule has 0 aliphatic carbocycles. The first-order chi connectivity index (χ1) is 9.45. The molecule has 0 amide bonds. The van der Waals surface area contributed by atoms with E-state index in [9.17, 15) is 8.42 Å². The number of hydrogen-bond acceptors (Lipinski definition) is 4. The Labute approximate surface area is 115 Å². The van der Waals surface area contributed by atoms with Gasteiger partial charge in [0.1, 0.15) is 4.90 Å². The second-order valence-electron chi connectivity index (χ2n) is 4.50. The van der Waals surface area contributed by atoms with E-state index in [1.54, 1.807) is 31.2 Å². The van der Waals surface area contributed by atoms with Crippen LogP contribution < -0.4 is 10.5 Å². The molecule has 3 rings (SSSR count). The molecule has 0 radical (unpaired) electrons. The van der Waals surface area contributed by atoms with Crippen molar-refractivity contribution in [2.24, 2.45) is 0 Å². The average Bonchev–Trinajstić information content (AvgIpc) is 2.95. The van der Waals surface area contributed by atoms with Crippen molar-refractivity contribution in [3.63, 3.8) is 0 Å². The molecule has 0 bridgehead atoms. The molecule has 0 saturated carbocycles. The van der Waals surface area contributed by atoms with E-state index in [-0.39, 0.29) is 10.7 Å².